The molecule has 0 bridgehead atoms. The van der Waals surface area contributed by atoms with E-state index in [0.29, 0.717) is 12.1 Å². The largest absolute Gasteiger partial charge is 0.337 e. The number of amides is 2. The molecule has 1 atom stereocenters. The Kier molecular flexibility index (Phi) is 5.08. The molecule has 1 unspecified atom stereocenters. The van der Waals surface area contributed by atoms with Crippen molar-refractivity contribution in [3.05, 3.63) is 0 Å². The summed E-state index contributed by atoms with van der Waals surface area (Å²) in [6, 6.07) is 0.787. The predicted molar refractivity (Wildman–Crippen MR) is 78.2 cm³/mol. The summed E-state index contributed by atoms with van der Waals surface area (Å²) in [4.78, 5) is 11.9. The molecule has 1 heterocycles. The Morgan fingerprint density at radius 2 is 1.95 bits per heavy atom. The number of hydrogen-bond donors (Lipinski definition) is 3. The zero-order valence-corrected chi connectivity index (χ0v) is 12.4. The predicted octanol–water partition coefficient (Wildman–Crippen LogP) is 2.40. The highest BCUT2D eigenvalue weighted by atomic mass is 16.2. The quantitative estimate of drug-likeness (QED) is 0.735. The second kappa shape index (κ2) is 6.60. The van der Waals surface area contributed by atoms with Crippen molar-refractivity contribution in [3.63, 3.8) is 0 Å². The van der Waals surface area contributed by atoms with Crippen molar-refractivity contribution in [2.24, 2.45) is 5.41 Å². The van der Waals surface area contributed by atoms with E-state index in [1.165, 1.54) is 32.1 Å². The van der Waals surface area contributed by atoms with Gasteiger partial charge in [0.2, 0.25) is 0 Å². The van der Waals surface area contributed by atoms with Gasteiger partial charge in [-0.05, 0) is 37.6 Å². The monoisotopic (exact) mass is 267 g/mol. The molecule has 2 aliphatic rings. The van der Waals surface area contributed by atoms with Crippen LogP contribution in [0, 0.1) is 5.41 Å². The van der Waals surface area contributed by atoms with Gasteiger partial charge in [0.05, 0.1) is 0 Å². The summed E-state index contributed by atoms with van der Waals surface area (Å²) in [6.07, 6.45) is 8.57. The minimum absolute atomic E-state index is 0.00933. The normalized spacial score (nSPS) is 27.8. The fourth-order valence-corrected chi connectivity index (χ4v) is 3.30. The highest BCUT2D eigenvalue weighted by molar-refractivity contribution is 5.74. The van der Waals surface area contributed by atoms with E-state index >= 15 is 0 Å². The lowest BCUT2D eigenvalue weighted by Crippen LogP contribution is -2.54. The van der Waals surface area contributed by atoms with Crippen LogP contribution in [0.2, 0.25) is 0 Å². The van der Waals surface area contributed by atoms with E-state index in [1.54, 1.807) is 0 Å². The van der Waals surface area contributed by atoms with E-state index < -0.39 is 0 Å². The number of urea groups is 1. The Morgan fingerprint density at radius 1 is 1.21 bits per heavy atom. The molecule has 3 N–H and O–H groups in total. The molecule has 19 heavy (non-hydrogen) atoms. The molecule has 1 aliphatic heterocycles. The van der Waals surface area contributed by atoms with Gasteiger partial charge in [-0.2, -0.15) is 0 Å². The molecule has 110 valence electrons. The summed E-state index contributed by atoms with van der Waals surface area (Å²) in [6.45, 7) is 6.36. The van der Waals surface area contributed by atoms with Gasteiger partial charge < -0.3 is 16.0 Å². The van der Waals surface area contributed by atoms with Gasteiger partial charge in [0.25, 0.3) is 0 Å². The molecule has 0 aromatic heterocycles. The minimum Gasteiger partial charge on any atom is -0.337 e. The second-order valence-corrected chi connectivity index (χ2v) is 6.79. The van der Waals surface area contributed by atoms with Crippen LogP contribution < -0.4 is 16.0 Å². The van der Waals surface area contributed by atoms with E-state index in [2.05, 4.69) is 29.8 Å². The van der Waals surface area contributed by atoms with Crippen molar-refractivity contribution in [1.29, 1.82) is 0 Å². The standard InChI is InChI=1S/C15H29N3O/c1-15(2)9-6-10-16-13(15)11-17-14(19)18-12-7-4-3-5-8-12/h12-13,16H,3-11H2,1-2H3,(H2,17,18,19). The zero-order chi connectivity index (χ0) is 13.7. The molecule has 0 spiro atoms. The van der Waals surface area contributed by atoms with Crippen LogP contribution in [0.3, 0.4) is 0 Å². The number of hydrogen-bond acceptors (Lipinski definition) is 2. The van der Waals surface area contributed by atoms with Crippen LogP contribution in [0.1, 0.15) is 58.8 Å². The van der Waals surface area contributed by atoms with Crippen LogP contribution in [0.4, 0.5) is 4.79 Å². The van der Waals surface area contributed by atoms with E-state index in [4.69, 9.17) is 0 Å². The lowest BCUT2D eigenvalue weighted by atomic mass is 9.77. The van der Waals surface area contributed by atoms with Gasteiger partial charge in [0.15, 0.2) is 0 Å². The average Bonchev–Trinajstić information content (AvgIpc) is 2.38. The van der Waals surface area contributed by atoms with Crippen molar-refractivity contribution >= 4 is 6.03 Å². The second-order valence-electron chi connectivity index (χ2n) is 6.79. The first-order chi connectivity index (χ1) is 9.08. The van der Waals surface area contributed by atoms with Crippen LogP contribution >= 0.6 is 0 Å². The Hall–Kier alpha value is -0.770. The Morgan fingerprint density at radius 3 is 2.63 bits per heavy atom. The van der Waals surface area contributed by atoms with Gasteiger partial charge in [0, 0.05) is 18.6 Å². The summed E-state index contributed by atoms with van der Waals surface area (Å²) < 4.78 is 0. The van der Waals surface area contributed by atoms with Crippen molar-refractivity contribution in [2.45, 2.75) is 70.9 Å². The smallest absolute Gasteiger partial charge is 0.315 e. The maximum atomic E-state index is 11.9. The first-order valence-electron chi connectivity index (χ1n) is 7.86. The highest BCUT2D eigenvalue weighted by Crippen LogP contribution is 2.29. The van der Waals surface area contributed by atoms with E-state index in [9.17, 15) is 4.79 Å². The molecule has 2 amide bonds. The van der Waals surface area contributed by atoms with Crippen LogP contribution in [0.15, 0.2) is 0 Å². The molecule has 0 aromatic carbocycles. The summed E-state index contributed by atoms with van der Waals surface area (Å²) in [5.41, 5.74) is 0.274. The van der Waals surface area contributed by atoms with Crippen molar-refractivity contribution in [1.82, 2.24) is 16.0 Å². The summed E-state index contributed by atoms with van der Waals surface area (Å²) in [7, 11) is 0. The van der Waals surface area contributed by atoms with Gasteiger partial charge >= 0.3 is 6.03 Å². The number of carbonyl (C=O) groups is 1. The molecule has 0 aromatic rings. The third-order valence-corrected chi connectivity index (χ3v) is 4.74. The van der Waals surface area contributed by atoms with Crippen LogP contribution in [0.5, 0.6) is 0 Å². The third-order valence-electron chi connectivity index (χ3n) is 4.74. The van der Waals surface area contributed by atoms with Gasteiger partial charge in [-0.15, -0.1) is 0 Å². The topological polar surface area (TPSA) is 53.2 Å². The Labute approximate surface area is 117 Å². The summed E-state index contributed by atoms with van der Waals surface area (Å²) >= 11 is 0. The SMILES string of the molecule is CC1(C)CCCNC1CNC(=O)NC1CCCCC1. The van der Waals surface area contributed by atoms with Crippen molar-refractivity contribution < 1.29 is 4.79 Å². The lowest BCUT2D eigenvalue weighted by Gasteiger charge is -2.39. The maximum Gasteiger partial charge on any atom is 0.315 e. The molecule has 4 heteroatoms. The van der Waals surface area contributed by atoms with Crippen LogP contribution in [-0.4, -0.2) is 31.2 Å². The Bertz CT molecular complexity index is 298. The van der Waals surface area contributed by atoms with Gasteiger partial charge in [-0.25, -0.2) is 4.79 Å². The van der Waals surface area contributed by atoms with Crippen LogP contribution in [-0.2, 0) is 0 Å². The maximum absolute atomic E-state index is 11.9. The molecule has 1 saturated carbocycles. The molecule has 2 fully saturated rings. The third kappa shape index (κ3) is 4.37. The fraction of sp³-hybridized carbons (Fsp3) is 0.933. The fourth-order valence-electron chi connectivity index (χ4n) is 3.30. The molecular weight excluding hydrogens is 238 g/mol. The Balaban J connectivity index is 1.70. The molecule has 1 aliphatic carbocycles. The number of nitrogens with one attached hydrogen (secondary N) is 3. The van der Waals surface area contributed by atoms with Crippen LogP contribution in [0.25, 0.3) is 0 Å². The lowest BCUT2D eigenvalue weighted by molar-refractivity contribution is 0.174. The van der Waals surface area contributed by atoms with Gasteiger partial charge in [-0.1, -0.05) is 33.1 Å². The number of piperidine rings is 1. The molecule has 1 saturated heterocycles. The molecule has 4 nitrogen and oxygen atoms in total. The average molecular weight is 267 g/mol. The first-order valence-corrected chi connectivity index (χ1v) is 7.86. The zero-order valence-electron chi connectivity index (χ0n) is 12.4. The van der Waals surface area contributed by atoms with Gasteiger partial charge in [0.1, 0.15) is 0 Å². The molecule has 0 radical (unpaired) electrons. The molecular formula is C15H29N3O. The number of carbonyl (C=O) groups excluding carboxylic acids is 1. The molecule has 2 rings (SSSR count). The van der Waals surface area contributed by atoms with Crippen molar-refractivity contribution in [2.75, 3.05) is 13.1 Å². The summed E-state index contributed by atoms with van der Waals surface area (Å²) in [5.74, 6) is 0. The number of rotatable bonds is 3. The van der Waals surface area contributed by atoms with Crippen molar-refractivity contribution in [3.8, 4) is 0 Å². The summed E-state index contributed by atoms with van der Waals surface area (Å²) in [5, 5.41) is 9.68. The van der Waals surface area contributed by atoms with E-state index in [-0.39, 0.29) is 11.4 Å². The van der Waals surface area contributed by atoms with E-state index in [1.807, 2.05) is 0 Å². The minimum atomic E-state index is 0.00933. The first kappa shape index (κ1) is 14.6. The van der Waals surface area contributed by atoms with Gasteiger partial charge in [-0.3, -0.25) is 0 Å². The highest BCUT2D eigenvalue weighted by Gasteiger charge is 2.32. The van der Waals surface area contributed by atoms with E-state index in [0.717, 1.165) is 25.9 Å².